The van der Waals surface area contributed by atoms with Crippen LogP contribution >= 0.6 is 11.3 Å². The molecule has 0 radical (unpaired) electrons. The number of pyridine rings is 1. The molecular formula is C20H16FN5OS. The number of carbonyl (C=O) groups excluding carboxylic acids is 1. The third-order valence-electron chi connectivity index (χ3n) is 4.13. The average molecular weight is 393 g/mol. The van der Waals surface area contributed by atoms with E-state index in [1.165, 1.54) is 23.7 Å². The first-order valence-corrected chi connectivity index (χ1v) is 9.37. The number of benzene rings is 1. The molecule has 0 spiro atoms. The number of rotatable bonds is 5. The van der Waals surface area contributed by atoms with E-state index in [1.54, 1.807) is 42.2 Å². The Hall–Kier alpha value is -3.39. The monoisotopic (exact) mass is 393 g/mol. The van der Waals surface area contributed by atoms with Crippen LogP contribution in [-0.4, -0.2) is 25.4 Å². The van der Waals surface area contributed by atoms with Gasteiger partial charge in [0.05, 0.1) is 23.4 Å². The molecule has 1 amide bonds. The molecule has 0 saturated heterocycles. The standard InChI is InChI=1S/C20H16FN5OS/c1-13-18(28-20(25-13)16-4-2-3-7-23-16)19(27)24-11-14-5-6-17(15(21)10-14)26-9-8-22-12-26/h2-10,12H,11H2,1H3,(H,24,27). The van der Waals surface area contributed by atoms with Crippen LogP contribution in [0.1, 0.15) is 20.9 Å². The zero-order chi connectivity index (χ0) is 19.5. The second-order valence-corrected chi connectivity index (χ2v) is 7.09. The fourth-order valence-electron chi connectivity index (χ4n) is 2.74. The summed E-state index contributed by atoms with van der Waals surface area (Å²) >= 11 is 1.29. The minimum Gasteiger partial charge on any atom is -0.347 e. The van der Waals surface area contributed by atoms with Gasteiger partial charge in [-0.25, -0.2) is 14.4 Å². The van der Waals surface area contributed by atoms with Gasteiger partial charge in [-0.3, -0.25) is 9.78 Å². The second-order valence-electron chi connectivity index (χ2n) is 6.09. The number of nitrogens with one attached hydrogen (secondary N) is 1. The maximum atomic E-state index is 14.3. The number of halogens is 1. The molecule has 0 bridgehead atoms. The largest absolute Gasteiger partial charge is 0.347 e. The van der Waals surface area contributed by atoms with Crippen LogP contribution in [0.25, 0.3) is 16.4 Å². The molecular weight excluding hydrogens is 377 g/mol. The predicted molar refractivity (Wildman–Crippen MR) is 105 cm³/mol. The van der Waals surface area contributed by atoms with E-state index >= 15 is 0 Å². The van der Waals surface area contributed by atoms with E-state index in [9.17, 15) is 9.18 Å². The highest BCUT2D eigenvalue weighted by Crippen LogP contribution is 2.26. The number of aromatic nitrogens is 4. The second kappa shape index (κ2) is 7.69. The average Bonchev–Trinajstić information content (AvgIpc) is 3.37. The van der Waals surface area contributed by atoms with E-state index < -0.39 is 0 Å². The van der Waals surface area contributed by atoms with Crippen molar-refractivity contribution >= 4 is 17.2 Å². The third kappa shape index (κ3) is 3.67. The number of amides is 1. The summed E-state index contributed by atoms with van der Waals surface area (Å²) in [6.07, 6.45) is 6.48. The summed E-state index contributed by atoms with van der Waals surface area (Å²) in [6, 6.07) is 10.4. The van der Waals surface area contributed by atoms with Gasteiger partial charge in [0.1, 0.15) is 15.7 Å². The van der Waals surface area contributed by atoms with Gasteiger partial charge < -0.3 is 9.88 Å². The van der Waals surface area contributed by atoms with Crippen LogP contribution in [0, 0.1) is 12.7 Å². The molecule has 140 valence electrons. The van der Waals surface area contributed by atoms with Crippen molar-refractivity contribution in [2.45, 2.75) is 13.5 Å². The van der Waals surface area contributed by atoms with Gasteiger partial charge in [0, 0.05) is 25.1 Å². The summed E-state index contributed by atoms with van der Waals surface area (Å²) in [5, 5.41) is 3.52. The Morgan fingerprint density at radius 3 is 2.86 bits per heavy atom. The maximum Gasteiger partial charge on any atom is 0.263 e. The molecule has 1 aromatic carbocycles. The lowest BCUT2D eigenvalue weighted by Gasteiger charge is -2.08. The van der Waals surface area contributed by atoms with Crippen LogP contribution in [0.4, 0.5) is 4.39 Å². The van der Waals surface area contributed by atoms with Crippen molar-refractivity contribution < 1.29 is 9.18 Å². The van der Waals surface area contributed by atoms with Gasteiger partial charge in [0.2, 0.25) is 0 Å². The molecule has 28 heavy (non-hydrogen) atoms. The van der Waals surface area contributed by atoms with Gasteiger partial charge >= 0.3 is 0 Å². The van der Waals surface area contributed by atoms with E-state index in [1.807, 2.05) is 18.2 Å². The summed E-state index contributed by atoms with van der Waals surface area (Å²) in [4.78, 5) is 25.7. The van der Waals surface area contributed by atoms with Gasteiger partial charge in [-0.05, 0) is 36.8 Å². The molecule has 0 atom stereocenters. The van der Waals surface area contributed by atoms with Crippen molar-refractivity contribution in [3.8, 4) is 16.4 Å². The molecule has 0 aliphatic rings. The van der Waals surface area contributed by atoms with Crippen molar-refractivity contribution in [1.82, 2.24) is 24.8 Å². The molecule has 0 fully saturated rings. The Balaban J connectivity index is 1.46. The number of hydrogen-bond donors (Lipinski definition) is 1. The van der Waals surface area contributed by atoms with E-state index in [2.05, 4.69) is 20.3 Å². The molecule has 3 aromatic heterocycles. The number of nitrogens with zero attached hydrogens (tertiary/aromatic N) is 4. The lowest BCUT2D eigenvalue weighted by atomic mass is 10.2. The highest BCUT2D eigenvalue weighted by atomic mass is 32.1. The Morgan fingerprint density at radius 1 is 1.25 bits per heavy atom. The summed E-state index contributed by atoms with van der Waals surface area (Å²) in [6.45, 7) is 2.01. The number of carbonyl (C=O) groups is 1. The van der Waals surface area contributed by atoms with Gasteiger partial charge in [-0.1, -0.05) is 12.1 Å². The molecule has 0 aliphatic carbocycles. The molecule has 4 rings (SSSR count). The molecule has 3 heterocycles. The molecule has 6 nitrogen and oxygen atoms in total. The van der Waals surface area contributed by atoms with Gasteiger partial charge in [0.15, 0.2) is 0 Å². The lowest BCUT2D eigenvalue weighted by molar-refractivity contribution is 0.0954. The first kappa shape index (κ1) is 18.0. The molecule has 4 aromatic rings. The maximum absolute atomic E-state index is 14.3. The van der Waals surface area contributed by atoms with Crippen molar-refractivity contribution in [3.63, 3.8) is 0 Å². The summed E-state index contributed by atoms with van der Waals surface area (Å²) in [5.74, 6) is -0.618. The van der Waals surface area contributed by atoms with E-state index in [4.69, 9.17) is 0 Å². The summed E-state index contributed by atoms with van der Waals surface area (Å²) in [5.41, 5.74) is 2.45. The first-order chi connectivity index (χ1) is 13.6. The van der Waals surface area contributed by atoms with Crippen molar-refractivity contribution in [1.29, 1.82) is 0 Å². The number of hydrogen-bond acceptors (Lipinski definition) is 5. The third-order valence-corrected chi connectivity index (χ3v) is 5.31. The Bertz CT molecular complexity index is 1110. The Morgan fingerprint density at radius 2 is 2.14 bits per heavy atom. The lowest BCUT2D eigenvalue weighted by Crippen LogP contribution is -2.22. The Kier molecular flexibility index (Phi) is 4.94. The topological polar surface area (TPSA) is 72.7 Å². The Labute approximate surface area is 164 Å². The highest BCUT2D eigenvalue weighted by Gasteiger charge is 2.16. The minimum atomic E-state index is -0.379. The quantitative estimate of drug-likeness (QED) is 0.560. The smallest absolute Gasteiger partial charge is 0.263 e. The van der Waals surface area contributed by atoms with Crippen LogP contribution in [0.2, 0.25) is 0 Å². The highest BCUT2D eigenvalue weighted by molar-refractivity contribution is 7.17. The van der Waals surface area contributed by atoms with Gasteiger partial charge in [-0.2, -0.15) is 0 Å². The predicted octanol–water partition coefficient (Wildman–Crippen LogP) is 3.77. The number of imidazole rings is 1. The van der Waals surface area contributed by atoms with Gasteiger partial charge in [0.25, 0.3) is 5.91 Å². The van der Waals surface area contributed by atoms with Crippen LogP contribution in [0.5, 0.6) is 0 Å². The zero-order valence-electron chi connectivity index (χ0n) is 15.0. The van der Waals surface area contributed by atoms with Crippen molar-refractivity contribution in [2.75, 3.05) is 0 Å². The van der Waals surface area contributed by atoms with Crippen LogP contribution in [0.3, 0.4) is 0 Å². The van der Waals surface area contributed by atoms with Crippen molar-refractivity contribution in [3.05, 3.63) is 83.3 Å². The fourth-order valence-corrected chi connectivity index (χ4v) is 3.70. The van der Waals surface area contributed by atoms with Crippen LogP contribution in [0.15, 0.2) is 61.3 Å². The number of thiazole rings is 1. The van der Waals surface area contributed by atoms with E-state index in [-0.39, 0.29) is 18.3 Å². The zero-order valence-corrected chi connectivity index (χ0v) is 15.8. The fraction of sp³-hybridized carbons (Fsp3) is 0.100. The normalized spacial score (nSPS) is 10.8. The van der Waals surface area contributed by atoms with E-state index in [0.29, 0.717) is 26.8 Å². The molecule has 8 heteroatoms. The SMILES string of the molecule is Cc1nc(-c2ccccn2)sc1C(=O)NCc1ccc(-n2ccnc2)c(F)c1. The number of aryl methyl sites for hydroxylation is 1. The van der Waals surface area contributed by atoms with Gasteiger partial charge in [-0.15, -0.1) is 11.3 Å². The summed E-state index contributed by atoms with van der Waals surface area (Å²) in [7, 11) is 0. The molecule has 1 N–H and O–H groups in total. The van der Waals surface area contributed by atoms with Crippen molar-refractivity contribution in [2.24, 2.45) is 0 Å². The molecule has 0 aliphatic heterocycles. The summed E-state index contributed by atoms with van der Waals surface area (Å²) < 4.78 is 15.9. The van der Waals surface area contributed by atoms with Crippen LogP contribution in [-0.2, 0) is 6.54 Å². The first-order valence-electron chi connectivity index (χ1n) is 8.55. The van der Waals surface area contributed by atoms with E-state index in [0.717, 1.165) is 5.69 Å². The minimum absolute atomic E-state index is 0.218. The molecule has 0 unspecified atom stereocenters. The molecule has 0 saturated carbocycles. The van der Waals surface area contributed by atoms with Crippen LogP contribution < -0.4 is 5.32 Å².